The molecule has 0 radical (unpaired) electrons. The Morgan fingerprint density at radius 1 is 1.22 bits per heavy atom. The van der Waals surface area contributed by atoms with Gasteiger partial charge in [-0.2, -0.15) is 0 Å². The van der Waals surface area contributed by atoms with Gasteiger partial charge in [0.25, 0.3) is 11.6 Å². The van der Waals surface area contributed by atoms with Gasteiger partial charge in [0.15, 0.2) is 9.84 Å². The summed E-state index contributed by atoms with van der Waals surface area (Å²) in [6.45, 7) is 3.43. The molecule has 142 valence electrons. The van der Waals surface area contributed by atoms with Crippen molar-refractivity contribution < 1.29 is 22.5 Å². The molecular weight excluding hydrogens is 370 g/mol. The highest BCUT2D eigenvalue weighted by molar-refractivity contribution is 7.91. The van der Waals surface area contributed by atoms with Gasteiger partial charge in [-0.05, 0) is 44.2 Å². The molecule has 3 rings (SSSR count). The first-order chi connectivity index (χ1) is 12.8. The van der Waals surface area contributed by atoms with Gasteiger partial charge in [-0.25, -0.2) is 13.4 Å². The third kappa shape index (κ3) is 3.92. The number of benzene rings is 1. The molecule has 2 heterocycles. The lowest BCUT2D eigenvalue weighted by atomic mass is 10.1. The predicted octanol–water partition coefficient (Wildman–Crippen LogP) is 2.05. The third-order valence-electron chi connectivity index (χ3n) is 4.06. The van der Waals surface area contributed by atoms with Gasteiger partial charge in [-0.1, -0.05) is 5.16 Å². The van der Waals surface area contributed by atoms with Crippen LogP contribution in [-0.2, 0) is 9.84 Å². The Morgan fingerprint density at radius 2 is 1.93 bits per heavy atom. The van der Waals surface area contributed by atoms with Gasteiger partial charge in [0.05, 0.1) is 34.4 Å². The maximum atomic E-state index is 12.5. The van der Waals surface area contributed by atoms with E-state index < -0.39 is 15.7 Å². The van der Waals surface area contributed by atoms with Gasteiger partial charge in [-0.3, -0.25) is 4.79 Å². The van der Waals surface area contributed by atoms with Crippen molar-refractivity contribution in [2.45, 2.75) is 18.7 Å². The van der Waals surface area contributed by atoms with Crippen LogP contribution in [0, 0.1) is 13.8 Å². The number of nitrogens with one attached hydrogen (secondary N) is 1. The van der Waals surface area contributed by atoms with Crippen LogP contribution >= 0.6 is 0 Å². The molecule has 2 aromatic heterocycles. The number of sulfone groups is 1. The Balaban J connectivity index is 1.72. The number of carbonyl (C=O) groups is 1. The van der Waals surface area contributed by atoms with Gasteiger partial charge >= 0.3 is 0 Å². The molecule has 1 aromatic carbocycles. The summed E-state index contributed by atoms with van der Waals surface area (Å²) in [5.74, 6) is -0.0499. The maximum absolute atomic E-state index is 12.5. The molecule has 0 atom stereocenters. The summed E-state index contributed by atoms with van der Waals surface area (Å²) < 4.78 is 34.9. The van der Waals surface area contributed by atoms with Crippen molar-refractivity contribution in [3.63, 3.8) is 0 Å². The van der Waals surface area contributed by atoms with E-state index in [2.05, 4.69) is 15.5 Å². The molecule has 1 N–H and O–H groups in total. The van der Waals surface area contributed by atoms with Gasteiger partial charge < -0.3 is 14.6 Å². The van der Waals surface area contributed by atoms with Crippen LogP contribution in [0.1, 0.15) is 21.7 Å². The number of amides is 1. The Morgan fingerprint density at radius 3 is 2.59 bits per heavy atom. The zero-order chi connectivity index (χ0) is 19.6. The molecule has 27 heavy (non-hydrogen) atoms. The summed E-state index contributed by atoms with van der Waals surface area (Å²) in [6.07, 6.45) is 0. The predicted molar refractivity (Wildman–Crippen MR) is 98.7 cm³/mol. The standard InChI is InChI=1S/C18H19N3O5S/c1-11-10-15(16-12(2)21-26-18(16)20-11)17(22)19-8-9-27(23,24)14-6-4-13(25-3)5-7-14/h4-7,10H,8-9H2,1-3H3,(H,19,22). The highest BCUT2D eigenvalue weighted by Crippen LogP contribution is 2.22. The Kier molecular flexibility index (Phi) is 5.13. The number of pyridine rings is 1. The highest BCUT2D eigenvalue weighted by Gasteiger charge is 2.19. The van der Waals surface area contributed by atoms with E-state index >= 15 is 0 Å². The number of methoxy groups -OCH3 is 1. The fourth-order valence-corrected chi connectivity index (χ4v) is 3.85. The van der Waals surface area contributed by atoms with Crippen molar-refractivity contribution in [1.82, 2.24) is 15.5 Å². The topological polar surface area (TPSA) is 111 Å². The van der Waals surface area contributed by atoms with Crippen molar-refractivity contribution >= 4 is 26.8 Å². The molecule has 3 aromatic rings. The van der Waals surface area contributed by atoms with Crippen LogP contribution in [0.15, 0.2) is 39.8 Å². The van der Waals surface area contributed by atoms with Crippen molar-refractivity contribution in [2.24, 2.45) is 0 Å². The van der Waals surface area contributed by atoms with E-state index in [0.29, 0.717) is 28.1 Å². The van der Waals surface area contributed by atoms with Crippen LogP contribution in [0.5, 0.6) is 5.75 Å². The lowest BCUT2D eigenvalue weighted by Gasteiger charge is -2.08. The van der Waals surface area contributed by atoms with Crippen LogP contribution in [0.3, 0.4) is 0 Å². The summed E-state index contributed by atoms with van der Waals surface area (Å²) >= 11 is 0. The summed E-state index contributed by atoms with van der Waals surface area (Å²) in [6, 6.07) is 7.74. The lowest BCUT2D eigenvalue weighted by molar-refractivity contribution is 0.0957. The Hall–Kier alpha value is -2.94. The monoisotopic (exact) mass is 389 g/mol. The number of aryl methyl sites for hydroxylation is 2. The molecule has 0 bridgehead atoms. The number of hydrogen-bond acceptors (Lipinski definition) is 7. The summed E-state index contributed by atoms with van der Waals surface area (Å²) in [7, 11) is -2.02. The first kappa shape index (κ1) is 18.8. The first-order valence-corrected chi connectivity index (χ1v) is 9.85. The quantitative estimate of drug-likeness (QED) is 0.687. The van der Waals surface area contributed by atoms with Crippen molar-refractivity contribution in [2.75, 3.05) is 19.4 Å². The highest BCUT2D eigenvalue weighted by atomic mass is 32.2. The molecule has 0 aliphatic carbocycles. The van der Waals surface area contributed by atoms with Crippen molar-refractivity contribution in [1.29, 1.82) is 0 Å². The Bertz CT molecular complexity index is 1090. The summed E-state index contributed by atoms with van der Waals surface area (Å²) in [4.78, 5) is 16.9. The third-order valence-corrected chi connectivity index (χ3v) is 5.80. The van der Waals surface area contributed by atoms with Crippen molar-refractivity contribution in [3.05, 3.63) is 47.3 Å². The first-order valence-electron chi connectivity index (χ1n) is 8.20. The van der Waals surface area contributed by atoms with E-state index in [1.54, 1.807) is 32.0 Å². The minimum atomic E-state index is -3.52. The maximum Gasteiger partial charge on any atom is 0.258 e. The number of carbonyl (C=O) groups excluding carboxylic acids is 1. The largest absolute Gasteiger partial charge is 0.497 e. The lowest BCUT2D eigenvalue weighted by Crippen LogP contribution is -2.29. The smallest absolute Gasteiger partial charge is 0.258 e. The van der Waals surface area contributed by atoms with Crippen LogP contribution in [0.2, 0.25) is 0 Å². The number of rotatable bonds is 6. The molecule has 0 fully saturated rings. The second-order valence-electron chi connectivity index (χ2n) is 6.01. The molecule has 0 saturated heterocycles. The van der Waals surface area contributed by atoms with Crippen LogP contribution < -0.4 is 10.1 Å². The van der Waals surface area contributed by atoms with Gasteiger partial charge in [0.1, 0.15) is 5.75 Å². The zero-order valence-corrected chi connectivity index (χ0v) is 16.0. The Labute approximate surface area is 156 Å². The SMILES string of the molecule is COc1ccc(S(=O)(=O)CCNC(=O)c2cc(C)nc3onc(C)c23)cc1. The average Bonchev–Trinajstić information content (AvgIpc) is 3.01. The van der Waals surface area contributed by atoms with E-state index in [0.717, 1.165) is 0 Å². The van der Waals surface area contributed by atoms with E-state index in [-0.39, 0.29) is 22.9 Å². The molecule has 0 saturated carbocycles. The van der Waals surface area contributed by atoms with E-state index in [1.807, 2.05) is 0 Å². The number of ether oxygens (including phenoxy) is 1. The number of nitrogens with zero attached hydrogens (tertiary/aromatic N) is 2. The van der Waals surface area contributed by atoms with Gasteiger partial charge in [0, 0.05) is 12.2 Å². The van der Waals surface area contributed by atoms with Crippen LogP contribution in [0.4, 0.5) is 0 Å². The van der Waals surface area contributed by atoms with Crippen LogP contribution in [0.25, 0.3) is 11.1 Å². The van der Waals surface area contributed by atoms with Gasteiger partial charge in [-0.15, -0.1) is 0 Å². The minimum absolute atomic E-state index is 0.0274. The van der Waals surface area contributed by atoms with Crippen LogP contribution in [-0.4, -0.2) is 43.9 Å². The average molecular weight is 389 g/mol. The second kappa shape index (κ2) is 7.36. The normalized spacial score (nSPS) is 11.5. The molecular formula is C18H19N3O5S. The molecule has 1 amide bonds. The number of aromatic nitrogens is 2. The number of fused-ring (bicyclic) bond motifs is 1. The number of hydrogen-bond donors (Lipinski definition) is 1. The zero-order valence-electron chi connectivity index (χ0n) is 15.1. The fraction of sp³-hybridized carbons (Fsp3) is 0.278. The van der Waals surface area contributed by atoms with E-state index in [9.17, 15) is 13.2 Å². The van der Waals surface area contributed by atoms with Gasteiger partial charge in [0.2, 0.25) is 0 Å². The van der Waals surface area contributed by atoms with Crippen molar-refractivity contribution in [3.8, 4) is 5.75 Å². The summed E-state index contributed by atoms with van der Waals surface area (Å²) in [5, 5.41) is 7.00. The molecule has 0 aliphatic rings. The molecule has 0 spiro atoms. The minimum Gasteiger partial charge on any atom is -0.497 e. The fourth-order valence-electron chi connectivity index (χ4n) is 2.69. The molecule has 0 unspecified atom stereocenters. The molecule has 8 nitrogen and oxygen atoms in total. The second-order valence-corrected chi connectivity index (χ2v) is 8.12. The summed E-state index contributed by atoms with van der Waals surface area (Å²) in [5.41, 5.74) is 1.80. The van der Waals surface area contributed by atoms with E-state index in [4.69, 9.17) is 9.26 Å². The molecule has 9 heteroatoms. The van der Waals surface area contributed by atoms with E-state index in [1.165, 1.54) is 19.2 Å². The molecule has 0 aliphatic heterocycles.